The quantitative estimate of drug-likeness (QED) is 0.661. The number of anilines is 2. The van der Waals surface area contributed by atoms with E-state index in [9.17, 15) is 18.0 Å². The molecule has 3 N–H and O–H groups in total. The number of hydrogen-bond donors (Lipinski definition) is 2. The largest absolute Gasteiger partial charge is 0.418 e. The molecule has 1 aliphatic rings. The maximum atomic E-state index is 12.8. The van der Waals surface area contributed by atoms with Crippen molar-refractivity contribution in [1.29, 1.82) is 0 Å². The molecule has 0 amide bonds. The summed E-state index contributed by atoms with van der Waals surface area (Å²) in [5.41, 5.74) is 4.69. The lowest BCUT2D eigenvalue weighted by Gasteiger charge is -2.27. The third-order valence-corrected chi connectivity index (χ3v) is 3.69. The Morgan fingerprint density at radius 2 is 1.85 bits per heavy atom. The number of hydrogen-bond acceptors (Lipinski definition) is 3. The molecule has 1 fully saturated rings. The highest BCUT2D eigenvalue weighted by atomic mass is 19.4. The Bertz CT molecular complexity index is 480. The Kier molecular flexibility index (Phi) is 4.20. The van der Waals surface area contributed by atoms with E-state index >= 15 is 0 Å². The van der Waals surface area contributed by atoms with Crippen molar-refractivity contribution in [1.82, 2.24) is 0 Å². The predicted octanol–water partition coefficient (Wildman–Crippen LogP) is 3.46. The Morgan fingerprint density at radius 3 is 2.40 bits per heavy atom. The molecule has 0 aromatic heterocycles. The van der Waals surface area contributed by atoms with E-state index in [-0.39, 0.29) is 17.6 Å². The summed E-state index contributed by atoms with van der Waals surface area (Å²) in [7, 11) is 0. The van der Waals surface area contributed by atoms with E-state index < -0.39 is 11.7 Å². The van der Waals surface area contributed by atoms with E-state index in [1.165, 1.54) is 6.07 Å². The second kappa shape index (κ2) is 5.73. The SMILES string of the molecule is Nc1ccc(NC2CCC(C=O)CC2)cc1C(F)(F)F. The van der Waals surface area contributed by atoms with Crippen LogP contribution in [0.4, 0.5) is 24.5 Å². The number of nitrogens with two attached hydrogens (primary N) is 1. The topological polar surface area (TPSA) is 55.1 Å². The Morgan fingerprint density at radius 1 is 1.20 bits per heavy atom. The van der Waals surface area contributed by atoms with E-state index in [0.717, 1.165) is 38.0 Å². The first-order chi connectivity index (χ1) is 9.40. The van der Waals surface area contributed by atoms with Crippen LogP contribution in [0.3, 0.4) is 0 Å². The molecule has 0 radical (unpaired) electrons. The van der Waals surface area contributed by atoms with Crippen LogP contribution in [0.5, 0.6) is 0 Å². The second-order valence-corrected chi connectivity index (χ2v) is 5.19. The first kappa shape index (κ1) is 14.7. The zero-order chi connectivity index (χ0) is 14.8. The van der Waals surface area contributed by atoms with Gasteiger partial charge in [-0.15, -0.1) is 0 Å². The lowest BCUT2D eigenvalue weighted by Crippen LogP contribution is -2.26. The number of carbonyl (C=O) groups excluding carboxylic acids is 1. The molecular formula is C14H17F3N2O. The molecule has 0 spiro atoms. The normalized spacial score (nSPS) is 23.4. The molecule has 2 rings (SSSR count). The van der Waals surface area contributed by atoms with Crippen molar-refractivity contribution < 1.29 is 18.0 Å². The zero-order valence-corrected chi connectivity index (χ0v) is 10.9. The smallest absolute Gasteiger partial charge is 0.398 e. The zero-order valence-electron chi connectivity index (χ0n) is 10.9. The maximum Gasteiger partial charge on any atom is 0.418 e. The van der Waals surface area contributed by atoms with Gasteiger partial charge in [-0.05, 0) is 43.9 Å². The predicted molar refractivity (Wildman–Crippen MR) is 71.3 cm³/mol. The van der Waals surface area contributed by atoms with Crippen LogP contribution in [0.15, 0.2) is 18.2 Å². The maximum absolute atomic E-state index is 12.8. The molecule has 1 aromatic rings. The molecule has 20 heavy (non-hydrogen) atoms. The second-order valence-electron chi connectivity index (χ2n) is 5.19. The Labute approximate surface area is 115 Å². The molecule has 0 heterocycles. The van der Waals surface area contributed by atoms with Crippen LogP contribution < -0.4 is 11.1 Å². The van der Waals surface area contributed by atoms with Crippen LogP contribution in [0.1, 0.15) is 31.2 Å². The molecule has 1 saturated carbocycles. The molecule has 1 aliphatic carbocycles. The van der Waals surface area contributed by atoms with Crippen LogP contribution in [0, 0.1) is 5.92 Å². The van der Waals surface area contributed by atoms with Gasteiger partial charge in [-0.2, -0.15) is 13.2 Å². The van der Waals surface area contributed by atoms with Gasteiger partial charge in [0.2, 0.25) is 0 Å². The fraction of sp³-hybridized carbons (Fsp3) is 0.500. The first-order valence-corrected chi connectivity index (χ1v) is 6.58. The molecule has 1 aromatic carbocycles. The summed E-state index contributed by atoms with van der Waals surface area (Å²) in [6.07, 6.45) is -0.354. The summed E-state index contributed by atoms with van der Waals surface area (Å²) in [6, 6.07) is 3.97. The summed E-state index contributed by atoms with van der Waals surface area (Å²) < 4.78 is 38.3. The van der Waals surface area contributed by atoms with Crippen molar-refractivity contribution in [2.24, 2.45) is 5.92 Å². The average Bonchev–Trinajstić information content (AvgIpc) is 2.40. The van der Waals surface area contributed by atoms with Crippen LogP contribution in [-0.2, 0) is 11.0 Å². The summed E-state index contributed by atoms with van der Waals surface area (Å²) >= 11 is 0. The molecule has 0 bridgehead atoms. The van der Waals surface area contributed by atoms with Crippen molar-refractivity contribution in [3.05, 3.63) is 23.8 Å². The third-order valence-electron chi connectivity index (χ3n) is 3.69. The van der Waals surface area contributed by atoms with E-state index in [1.54, 1.807) is 6.07 Å². The summed E-state index contributed by atoms with van der Waals surface area (Å²) in [5.74, 6) is 0.0882. The van der Waals surface area contributed by atoms with Gasteiger partial charge in [0, 0.05) is 23.3 Å². The number of alkyl halides is 3. The van der Waals surface area contributed by atoms with Crippen molar-refractivity contribution in [3.8, 4) is 0 Å². The van der Waals surface area contributed by atoms with E-state index in [0.29, 0.717) is 5.69 Å². The molecule has 0 unspecified atom stereocenters. The lowest BCUT2D eigenvalue weighted by molar-refractivity contribution is -0.136. The van der Waals surface area contributed by atoms with Gasteiger partial charge in [0.15, 0.2) is 0 Å². The molecule has 0 saturated heterocycles. The highest BCUT2D eigenvalue weighted by Crippen LogP contribution is 2.35. The van der Waals surface area contributed by atoms with Crippen molar-refractivity contribution in [3.63, 3.8) is 0 Å². The molecule has 0 aliphatic heterocycles. The van der Waals surface area contributed by atoms with E-state index in [2.05, 4.69) is 5.32 Å². The molecular weight excluding hydrogens is 269 g/mol. The summed E-state index contributed by atoms with van der Waals surface area (Å²) in [5, 5.41) is 3.09. The van der Waals surface area contributed by atoms with Crippen LogP contribution in [0.25, 0.3) is 0 Å². The molecule has 110 valence electrons. The van der Waals surface area contributed by atoms with Gasteiger partial charge in [0.1, 0.15) is 6.29 Å². The minimum absolute atomic E-state index is 0.0882. The minimum Gasteiger partial charge on any atom is -0.398 e. The monoisotopic (exact) mass is 286 g/mol. The summed E-state index contributed by atoms with van der Waals surface area (Å²) in [4.78, 5) is 10.7. The van der Waals surface area contributed by atoms with Gasteiger partial charge in [0.05, 0.1) is 5.56 Å². The van der Waals surface area contributed by atoms with Crippen LogP contribution in [0.2, 0.25) is 0 Å². The Balaban J connectivity index is 2.05. The van der Waals surface area contributed by atoms with Crippen LogP contribution >= 0.6 is 0 Å². The van der Waals surface area contributed by atoms with Gasteiger partial charge in [-0.25, -0.2) is 0 Å². The van der Waals surface area contributed by atoms with E-state index in [4.69, 9.17) is 5.73 Å². The highest BCUT2D eigenvalue weighted by molar-refractivity contribution is 5.59. The lowest BCUT2D eigenvalue weighted by atomic mass is 9.87. The Hall–Kier alpha value is -1.72. The highest BCUT2D eigenvalue weighted by Gasteiger charge is 2.33. The first-order valence-electron chi connectivity index (χ1n) is 6.58. The van der Waals surface area contributed by atoms with Gasteiger partial charge in [-0.1, -0.05) is 0 Å². The molecule has 3 nitrogen and oxygen atoms in total. The van der Waals surface area contributed by atoms with E-state index in [1.807, 2.05) is 0 Å². The van der Waals surface area contributed by atoms with Crippen molar-refractivity contribution in [2.45, 2.75) is 37.9 Å². The van der Waals surface area contributed by atoms with Crippen molar-refractivity contribution >= 4 is 17.7 Å². The number of rotatable bonds is 3. The van der Waals surface area contributed by atoms with Gasteiger partial charge >= 0.3 is 6.18 Å². The standard InChI is InChI=1S/C14H17F3N2O/c15-14(16,17)12-7-11(5-6-13(12)18)19-10-3-1-9(8-20)2-4-10/h5-10,19H,1-4,18H2. The third kappa shape index (κ3) is 3.43. The van der Waals surface area contributed by atoms with Crippen molar-refractivity contribution in [2.75, 3.05) is 11.1 Å². The van der Waals surface area contributed by atoms with Gasteiger partial charge in [0.25, 0.3) is 0 Å². The average molecular weight is 286 g/mol. The van der Waals surface area contributed by atoms with Gasteiger partial charge < -0.3 is 15.8 Å². The summed E-state index contributed by atoms with van der Waals surface area (Å²) in [6.45, 7) is 0. The van der Waals surface area contributed by atoms with Gasteiger partial charge in [-0.3, -0.25) is 0 Å². The number of carbonyl (C=O) groups is 1. The number of nitrogen functional groups attached to an aromatic ring is 1. The number of nitrogens with one attached hydrogen (secondary N) is 1. The number of benzene rings is 1. The molecule has 0 atom stereocenters. The fourth-order valence-electron chi connectivity index (χ4n) is 2.53. The minimum atomic E-state index is -4.45. The molecule has 6 heteroatoms. The number of aldehydes is 1. The van der Waals surface area contributed by atoms with Crippen LogP contribution in [-0.4, -0.2) is 12.3 Å². The fourth-order valence-corrected chi connectivity index (χ4v) is 2.53. The number of halogens is 3.